The van der Waals surface area contributed by atoms with Gasteiger partial charge >= 0.3 is 0 Å². The molecule has 5 heteroatoms. The lowest BCUT2D eigenvalue weighted by molar-refractivity contribution is -0.117. The zero-order valence-corrected chi connectivity index (χ0v) is 19.6. The Bertz CT molecular complexity index is 837. The van der Waals surface area contributed by atoms with Gasteiger partial charge in [0.15, 0.2) is 0 Å². The molecule has 2 aromatic carbocycles. The van der Waals surface area contributed by atoms with E-state index in [1.54, 1.807) is 31.3 Å². The average Bonchev–Trinajstić information content (AvgIpc) is 2.77. The van der Waals surface area contributed by atoms with Crippen LogP contribution in [0.1, 0.15) is 56.7 Å². The third-order valence-electron chi connectivity index (χ3n) is 6.65. The molecule has 0 aromatic heterocycles. The zero-order chi connectivity index (χ0) is 23.0. The van der Waals surface area contributed by atoms with Crippen molar-refractivity contribution < 1.29 is 15.0 Å². The van der Waals surface area contributed by atoms with Crippen LogP contribution in [-0.2, 0) is 23.2 Å². The maximum Gasteiger partial charge on any atom is 0.209 e. The molecule has 31 heavy (non-hydrogen) atoms. The van der Waals surface area contributed by atoms with Crippen molar-refractivity contribution in [1.82, 2.24) is 9.80 Å². The first-order chi connectivity index (χ1) is 14.7. The van der Waals surface area contributed by atoms with E-state index in [0.717, 1.165) is 31.4 Å². The molecule has 1 amide bonds. The lowest BCUT2D eigenvalue weighted by Crippen LogP contribution is -2.46. The van der Waals surface area contributed by atoms with Crippen LogP contribution in [0.25, 0.3) is 0 Å². The normalized spacial score (nSPS) is 21.1. The molecule has 1 saturated heterocycles. The number of hydrogen-bond acceptors (Lipinski definition) is 4. The molecule has 1 aliphatic heterocycles. The average molecular weight is 427 g/mol. The van der Waals surface area contributed by atoms with Gasteiger partial charge in [0.1, 0.15) is 11.5 Å². The number of benzene rings is 2. The highest BCUT2D eigenvalue weighted by molar-refractivity contribution is 5.46. The molecule has 0 radical (unpaired) electrons. The van der Waals surface area contributed by atoms with Crippen LogP contribution >= 0.6 is 0 Å². The van der Waals surface area contributed by atoms with E-state index in [-0.39, 0.29) is 11.2 Å². The molecule has 2 aromatic rings. The van der Waals surface area contributed by atoms with Crippen molar-refractivity contribution >= 4 is 6.41 Å². The second kappa shape index (κ2) is 11.2. The number of aromatic hydroxyl groups is 2. The Morgan fingerprint density at radius 1 is 1.13 bits per heavy atom. The van der Waals surface area contributed by atoms with E-state index in [1.165, 1.54) is 28.9 Å². The lowest BCUT2D eigenvalue weighted by Gasteiger charge is -2.45. The summed E-state index contributed by atoms with van der Waals surface area (Å²) in [5, 5.41) is 18.8. The summed E-state index contributed by atoms with van der Waals surface area (Å²) < 4.78 is 0. The highest BCUT2D eigenvalue weighted by Crippen LogP contribution is 2.43. The van der Waals surface area contributed by atoms with Crippen molar-refractivity contribution in [2.75, 3.05) is 20.6 Å². The molecule has 3 rings (SSSR count). The summed E-state index contributed by atoms with van der Waals surface area (Å²) in [6.07, 6.45) is 5.35. The van der Waals surface area contributed by atoms with E-state index in [2.05, 4.69) is 38.8 Å². The van der Waals surface area contributed by atoms with Crippen LogP contribution in [-0.4, -0.2) is 53.1 Å². The minimum absolute atomic E-state index is 0.243. The van der Waals surface area contributed by atoms with Gasteiger partial charge in [-0.3, -0.25) is 4.79 Å². The summed E-state index contributed by atoms with van der Waals surface area (Å²) in [6.45, 7) is 8.54. The van der Waals surface area contributed by atoms with Gasteiger partial charge in [0.2, 0.25) is 6.41 Å². The van der Waals surface area contributed by atoms with Crippen LogP contribution < -0.4 is 0 Å². The van der Waals surface area contributed by atoms with Crippen molar-refractivity contribution in [3.63, 3.8) is 0 Å². The molecule has 5 nitrogen and oxygen atoms in total. The number of carbonyl (C=O) groups excluding carboxylic acids is 1. The maximum absolute atomic E-state index is 10.3. The number of rotatable bonds is 6. The molecular weight excluding hydrogens is 388 g/mol. The van der Waals surface area contributed by atoms with E-state index in [9.17, 15) is 9.90 Å². The van der Waals surface area contributed by atoms with Gasteiger partial charge in [-0.1, -0.05) is 32.0 Å². The summed E-state index contributed by atoms with van der Waals surface area (Å²) in [7, 11) is 3.92. The SMILES string of the molecule is CCc1ccc(O)cc1[C@]1(CC)CCN(C)C(C)C1.CN(C=O)Cc1ccc(O)cc1. The molecule has 1 heterocycles. The van der Waals surface area contributed by atoms with Gasteiger partial charge < -0.3 is 20.0 Å². The van der Waals surface area contributed by atoms with Gasteiger partial charge in [-0.25, -0.2) is 0 Å². The van der Waals surface area contributed by atoms with Crippen LogP contribution in [0.4, 0.5) is 0 Å². The number of aryl methyl sites for hydroxylation is 1. The number of likely N-dealkylation sites (tertiary alicyclic amines) is 1. The van der Waals surface area contributed by atoms with Crippen molar-refractivity contribution in [2.45, 2.75) is 64.5 Å². The monoisotopic (exact) mass is 426 g/mol. The molecule has 1 fully saturated rings. The zero-order valence-electron chi connectivity index (χ0n) is 19.6. The smallest absolute Gasteiger partial charge is 0.209 e. The number of phenolic OH excluding ortho intramolecular Hbond substituents is 2. The van der Waals surface area contributed by atoms with E-state index >= 15 is 0 Å². The van der Waals surface area contributed by atoms with Gasteiger partial charge in [-0.15, -0.1) is 0 Å². The van der Waals surface area contributed by atoms with E-state index < -0.39 is 0 Å². The fraction of sp³-hybridized carbons (Fsp3) is 0.500. The summed E-state index contributed by atoms with van der Waals surface area (Å²) in [5.41, 5.74) is 4.03. The Balaban J connectivity index is 0.000000245. The first-order valence-electron chi connectivity index (χ1n) is 11.2. The molecule has 1 unspecified atom stereocenters. The van der Waals surface area contributed by atoms with Crippen molar-refractivity contribution in [1.29, 1.82) is 0 Å². The van der Waals surface area contributed by atoms with Crippen LogP contribution in [0.15, 0.2) is 42.5 Å². The molecular formula is C26H38N2O3. The third-order valence-corrected chi connectivity index (χ3v) is 6.65. The molecule has 1 aliphatic rings. The minimum Gasteiger partial charge on any atom is -0.508 e. The third kappa shape index (κ3) is 6.47. The Kier molecular flexibility index (Phi) is 8.93. The summed E-state index contributed by atoms with van der Waals surface area (Å²) in [6, 6.07) is 13.3. The van der Waals surface area contributed by atoms with Gasteiger partial charge in [0, 0.05) is 19.6 Å². The standard InChI is InChI=1S/C17H27NO.C9H11NO2/c1-5-14-7-8-15(19)11-16(14)17(6-2)9-10-18(4)13(3)12-17;1-10(7-11)6-8-2-4-9(12)5-3-8/h7-8,11,13,19H,5-6,9-10,12H2,1-4H3;2-5,7,12H,6H2,1H3/t13?,17-;/m1./s1. The van der Waals surface area contributed by atoms with E-state index in [1.807, 2.05) is 12.1 Å². The van der Waals surface area contributed by atoms with Crippen molar-refractivity contribution in [3.05, 3.63) is 59.2 Å². The topological polar surface area (TPSA) is 64.0 Å². The second-order valence-corrected chi connectivity index (χ2v) is 8.80. The van der Waals surface area contributed by atoms with Crippen LogP contribution in [0.5, 0.6) is 11.5 Å². The number of piperidine rings is 1. The second-order valence-electron chi connectivity index (χ2n) is 8.80. The molecule has 0 saturated carbocycles. The Morgan fingerprint density at radius 3 is 2.32 bits per heavy atom. The van der Waals surface area contributed by atoms with Crippen LogP contribution in [0.2, 0.25) is 0 Å². The first-order valence-corrected chi connectivity index (χ1v) is 11.2. The fourth-order valence-electron chi connectivity index (χ4n) is 4.48. The Labute approximate surface area is 187 Å². The number of nitrogens with zero attached hydrogens (tertiary/aromatic N) is 2. The quantitative estimate of drug-likeness (QED) is 0.658. The van der Waals surface area contributed by atoms with Gasteiger partial charge in [-0.05, 0) is 92.6 Å². The van der Waals surface area contributed by atoms with Gasteiger partial charge in [0.05, 0.1) is 0 Å². The molecule has 0 bridgehead atoms. The van der Waals surface area contributed by atoms with Crippen molar-refractivity contribution in [2.24, 2.45) is 0 Å². The largest absolute Gasteiger partial charge is 0.508 e. The summed E-state index contributed by atoms with van der Waals surface area (Å²) in [5.74, 6) is 0.652. The summed E-state index contributed by atoms with van der Waals surface area (Å²) >= 11 is 0. The minimum atomic E-state index is 0.243. The predicted molar refractivity (Wildman–Crippen MR) is 126 cm³/mol. The van der Waals surface area contributed by atoms with Crippen LogP contribution in [0.3, 0.4) is 0 Å². The fourth-order valence-corrected chi connectivity index (χ4v) is 4.48. The highest BCUT2D eigenvalue weighted by atomic mass is 16.3. The summed E-state index contributed by atoms with van der Waals surface area (Å²) in [4.78, 5) is 14.2. The van der Waals surface area contributed by atoms with Crippen molar-refractivity contribution in [3.8, 4) is 11.5 Å². The Morgan fingerprint density at radius 2 is 1.77 bits per heavy atom. The lowest BCUT2D eigenvalue weighted by atomic mass is 9.67. The number of carbonyl (C=O) groups is 1. The van der Waals surface area contributed by atoms with Gasteiger partial charge in [0.25, 0.3) is 0 Å². The molecule has 170 valence electrons. The molecule has 2 N–H and O–H groups in total. The van der Waals surface area contributed by atoms with E-state index in [4.69, 9.17) is 5.11 Å². The molecule has 2 atom stereocenters. The molecule has 0 spiro atoms. The first kappa shape index (κ1) is 24.7. The molecule has 0 aliphatic carbocycles. The number of amides is 1. The van der Waals surface area contributed by atoms with Crippen LogP contribution in [0, 0.1) is 0 Å². The number of phenols is 2. The Hall–Kier alpha value is -2.53. The number of hydrogen-bond donors (Lipinski definition) is 2. The maximum atomic E-state index is 10.3. The van der Waals surface area contributed by atoms with E-state index in [0.29, 0.717) is 18.3 Å². The van der Waals surface area contributed by atoms with Gasteiger partial charge in [-0.2, -0.15) is 0 Å². The highest BCUT2D eigenvalue weighted by Gasteiger charge is 2.38. The predicted octanol–water partition coefficient (Wildman–Crippen LogP) is 4.70.